The molecule has 0 spiro atoms. The Hall–Kier alpha value is -2.34. The van der Waals surface area contributed by atoms with Gasteiger partial charge in [-0.2, -0.15) is 0 Å². The summed E-state index contributed by atoms with van der Waals surface area (Å²) in [6.07, 6.45) is 1.13. The molecule has 3 rings (SSSR count). The van der Waals surface area contributed by atoms with Crippen LogP contribution in [0.15, 0.2) is 42.5 Å². The zero-order chi connectivity index (χ0) is 17.8. The minimum Gasteiger partial charge on any atom is -0.321 e. The van der Waals surface area contributed by atoms with Crippen molar-refractivity contribution in [2.24, 2.45) is 5.92 Å². The van der Waals surface area contributed by atoms with Crippen LogP contribution in [0.2, 0.25) is 0 Å². The second kappa shape index (κ2) is 7.70. The van der Waals surface area contributed by atoms with Crippen LogP contribution >= 0.6 is 0 Å². The Balaban J connectivity index is 1.55. The lowest BCUT2D eigenvalue weighted by atomic mass is 9.95. The van der Waals surface area contributed by atoms with Crippen LogP contribution in [0.4, 0.5) is 18.9 Å². The van der Waals surface area contributed by atoms with Gasteiger partial charge in [-0.25, -0.2) is 13.2 Å². The molecule has 0 unspecified atom stereocenters. The van der Waals surface area contributed by atoms with E-state index < -0.39 is 17.3 Å². The number of carbonyl (C=O) groups is 1. The number of anilines is 1. The molecular formula is C19H19F3N2O. The quantitative estimate of drug-likeness (QED) is 0.907. The first-order valence-electron chi connectivity index (χ1n) is 8.25. The highest BCUT2D eigenvalue weighted by Gasteiger charge is 2.26. The van der Waals surface area contributed by atoms with Gasteiger partial charge in [0.2, 0.25) is 5.91 Å². The Morgan fingerprint density at radius 2 is 1.56 bits per heavy atom. The third-order valence-corrected chi connectivity index (χ3v) is 4.52. The maximum atomic E-state index is 13.7. The molecule has 1 heterocycles. The highest BCUT2D eigenvalue weighted by Crippen LogP contribution is 2.24. The van der Waals surface area contributed by atoms with Crippen LogP contribution in [0, 0.1) is 23.4 Å². The first kappa shape index (κ1) is 17.5. The van der Waals surface area contributed by atoms with Gasteiger partial charge in [0.25, 0.3) is 0 Å². The van der Waals surface area contributed by atoms with Crippen molar-refractivity contribution in [1.29, 1.82) is 0 Å². The van der Waals surface area contributed by atoms with Crippen molar-refractivity contribution in [2.75, 3.05) is 18.4 Å². The van der Waals surface area contributed by atoms with Crippen LogP contribution in [-0.2, 0) is 11.3 Å². The molecule has 2 aromatic rings. The Labute approximate surface area is 144 Å². The third-order valence-electron chi connectivity index (χ3n) is 4.52. The number of likely N-dealkylation sites (tertiary alicyclic amines) is 1. The largest absolute Gasteiger partial charge is 0.321 e. The van der Waals surface area contributed by atoms with Crippen molar-refractivity contribution in [3.8, 4) is 0 Å². The van der Waals surface area contributed by atoms with Crippen molar-refractivity contribution in [3.05, 3.63) is 65.5 Å². The summed E-state index contributed by atoms with van der Waals surface area (Å²) < 4.78 is 40.9. The van der Waals surface area contributed by atoms with Crippen molar-refractivity contribution in [3.63, 3.8) is 0 Å². The van der Waals surface area contributed by atoms with Gasteiger partial charge < -0.3 is 5.32 Å². The molecular weight excluding hydrogens is 329 g/mol. The Morgan fingerprint density at radius 3 is 2.20 bits per heavy atom. The fourth-order valence-corrected chi connectivity index (χ4v) is 3.06. The summed E-state index contributed by atoms with van der Waals surface area (Å²) in [4.78, 5) is 14.3. The molecule has 1 aliphatic rings. The van der Waals surface area contributed by atoms with Gasteiger partial charge in [-0.1, -0.05) is 24.3 Å². The fraction of sp³-hybridized carbons (Fsp3) is 0.316. The van der Waals surface area contributed by atoms with E-state index in [1.807, 2.05) is 0 Å². The topological polar surface area (TPSA) is 32.3 Å². The van der Waals surface area contributed by atoms with Crippen molar-refractivity contribution >= 4 is 11.6 Å². The van der Waals surface area contributed by atoms with E-state index in [-0.39, 0.29) is 17.6 Å². The number of rotatable bonds is 4. The first-order valence-corrected chi connectivity index (χ1v) is 8.25. The van der Waals surface area contributed by atoms with E-state index in [4.69, 9.17) is 0 Å². The maximum Gasteiger partial charge on any atom is 0.227 e. The molecule has 0 saturated carbocycles. The summed E-state index contributed by atoms with van der Waals surface area (Å²) in [5.74, 6) is -2.50. The summed E-state index contributed by atoms with van der Waals surface area (Å²) >= 11 is 0. The number of hydrogen-bond donors (Lipinski definition) is 1. The van der Waals surface area contributed by atoms with Gasteiger partial charge in [0.15, 0.2) is 0 Å². The van der Waals surface area contributed by atoms with E-state index in [9.17, 15) is 18.0 Å². The number of amides is 1. The van der Waals surface area contributed by atoms with Gasteiger partial charge in [0.1, 0.15) is 23.1 Å². The number of nitrogens with one attached hydrogen (secondary N) is 1. The molecule has 1 fully saturated rings. The molecule has 0 aromatic heterocycles. The predicted molar refractivity (Wildman–Crippen MR) is 89.4 cm³/mol. The molecule has 0 aliphatic carbocycles. The van der Waals surface area contributed by atoms with E-state index in [0.717, 1.165) is 12.1 Å². The van der Waals surface area contributed by atoms with E-state index in [2.05, 4.69) is 10.2 Å². The van der Waals surface area contributed by atoms with Gasteiger partial charge in [0, 0.05) is 18.0 Å². The third kappa shape index (κ3) is 4.20. The molecule has 0 atom stereocenters. The highest BCUT2D eigenvalue weighted by atomic mass is 19.1. The van der Waals surface area contributed by atoms with Crippen LogP contribution in [-0.4, -0.2) is 23.9 Å². The molecule has 1 N–H and O–H groups in total. The summed E-state index contributed by atoms with van der Waals surface area (Å²) in [5, 5.41) is 2.35. The standard InChI is InChI=1S/C19H19F3N2O/c20-15-5-2-1-4-14(15)12-24-10-8-13(9-11-24)19(25)23-18-16(21)6-3-7-17(18)22/h1-7,13H,8-12H2,(H,23,25). The van der Waals surface area contributed by atoms with E-state index in [1.54, 1.807) is 18.2 Å². The highest BCUT2D eigenvalue weighted by molar-refractivity contribution is 5.92. The van der Waals surface area contributed by atoms with Gasteiger partial charge in [0.05, 0.1) is 0 Å². The molecule has 1 aliphatic heterocycles. The van der Waals surface area contributed by atoms with Crippen LogP contribution < -0.4 is 5.32 Å². The van der Waals surface area contributed by atoms with Crippen LogP contribution in [0.25, 0.3) is 0 Å². The molecule has 2 aromatic carbocycles. The fourth-order valence-electron chi connectivity index (χ4n) is 3.06. The van der Waals surface area contributed by atoms with Gasteiger partial charge in [-0.15, -0.1) is 0 Å². The first-order chi connectivity index (χ1) is 12.0. The molecule has 0 radical (unpaired) electrons. The second-order valence-electron chi connectivity index (χ2n) is 6.23. The number of carbonyl (C=O) groups excluding carboxylic acids is 1. The normalized spacial score (nSPS) is 16.0. The average Bonchev–Trinajstić information content (AvgIpc) is 2.61. The average molecular weight is 348 g/mol. The number of benzene rings is 2. The van der Waals surface area contributed by atoms with Gasteiger partial charge >= 0.3 is 0 Å². The van der Waals surface area contributed by atoms with E-state index in [1.165, 1.54) is 12.1 Å². The zero-order valence-electron chi connectivity index (χ0n) is 13.6. The molecule has 0 bridgehead atoms. The smallest absolute Gasteiger partial charge is 0.227 e. The van der Waals surface area contributed by atoms with Gasteiger partial charge in [-0.05, 0) is 44.1 Å². The lowest BCUT2D eigenvalue weighted by molar-refractivity contribution is -0.121. The van der Waals surface area contributed by atoms with E-state index >= 15 is 0 Å². The molecule has 132 valence electrons. The zero-order valence-corrected chi connectivity index (χ0v) is 13.6. The predicted octanol–water partition coefficient (Wildman–Crippen LogP) is 3.95. The number of halogens is 3. The summed E-state index contributed by atoms with van der Waals surface area (Å²) in [5.41, 5.74) is 0.222. The summed E-state index contributed by atoms with van der Waals surface area (Å²) in [7, 11) is 0. The number of nitrogens with zero attached hydrogens (tertiary/aromatic N) is 1. The van der Waals surface area contributed by atoms with Crippen LogP contribution in [0.3, 0.4) is 0 Å². The summed E-state index contributed by atoms with van der Waals surface area (Å²) in [6, 6.07) is 10.1. The Morgan fingerprint density at radius 1 is 0.960 bits per heavy atom. The molecule has 25 heavy (non-hydrogen) atoms. The van der Waals surface area contributed by atoms with E-state index in [0.29, 0.717) is 38.0 Å². The lowest BCUT2D eigenvalue weighted by Gasteiger charge is -2.31. The minimum atomic E-state index is -0.787. The van der Waals surface area contributed by atoms with Crippen molar-refractivity contribution in [2.45, 2.75) is 19.4 Å². The van der Waals surface area contributed by atoms with Gasteiger partial charge in [-0.3, -0.25) is 9.69 Å². The molecule has 1 amide bonds. The maximum absolute atomic E-state index is 13.7. The number of para-hydroxylation sites is 1. The molecule has 6 heteroatoms. The van der Waals surface area contributed by atoms with Crippen molar-refractivity contribution < 1.29 is 18.0 Å². The minimum absolute atomic E-state index is 0.239. The van der Waals surface area contributed by atoms with Crippen LogP contribution in [0.1, 0.15) is 18.4 Å². The number of piperidine rings is 1. The number of hydrogen-bond acceptors (Lipinski definition) is 2. The second-order valence-corrected chi connectivity index (χ2v) is 6.23. The monoisotopic (exact) mass is 348 g/mol. The Bertz CT molecular complexity index is 738. The molecule has 1 saturated heterocycles. The SMILES string of the molecule is O=C(Nc1c(F)cccc1F)C1CCN(Cc2ccccc2F)CC1. The molecule has 3 nitrogen and oxygen atoms in total. The van der Waals surface area contributed by atoms with Crippen LogP contribution in [0.5, 0.6) is 0 Å². The lowest BCUT2D eigenvalue weighted by Crippen LogP contribution is -2.38. The Kier molecular flexibility index (Phi) is 5.38. The summed E-state index contributed by atoms with van der Waals surface area (Å²) in [6.45, 7) is 1.75. The van der Waals surface area contributed by atoms with Crippen molar-refractivity contribution in [1.82, 2.24) is 4.90 Å².